The maximum absolute atomic E-state index is 11.9. The van der Waals surface area contributed by atoms with E-state index >= 15 is 0 Å². The summed E-state index contributed by atoms with van der Waals surface area (Å²) < 4.78 is 2.23. The minimum absolute atomic E-state index is 0.0556. The maximum Gasteiger partial charge on any atom is 0.251 e. The van der Waals surface area contributed by atoms with Crippen molar-refractivity contribution in [1.29, 1.82) is 0 Å². The van der Waals surface area contributed by atoms with Crippen molar-refractivity contribution in [2.24, 2.45) is 0 Å². The number of nitrogens with one attached hydrogen (secondary N) is 1. The van der Waals surface area contributed by atoms with Crippen LogP contribution in [0.5, 0.6) is 0 Å². The molecule has 3 rings (SSSR count). The summed E-state index contributed by atoms with van der Waals surface area (Å²) in [5.41, 5.74) is 2.62. The molecule has 1 amide bonds. The fourth-order valence-electron chi connectivity index (χ4n) is 2.96. The Morgan fingerprint density at radius 2 is 2.27 bits per heavy atom. The van der Waals surface area contributed by atoms with Gasteiger partial charge in [-0.3, -0.25) is 9.69 Å². The molecule has 0 spiro atoms. The van der Waals surface area contributed by atoms with Gasteiger partial charge < -0.3 is 15.0 Å². The number of carbonyl (C=O) groups is 1. The summed E-state index contributed by atoms with van der Waals surface area (Å²) in [5.74, 6) is 0.979. The lowest BCUT2D eigenvalue weighted by atomic mass is 10.2. The number of rotatable bonds is 5. The quantitative estimate of drug-likeness (QED) is 0.864. The Labute approximate surface area is 129 Å². The molecule has 0 radical (unpaired) electrons. The van der Waals surface area contributed by atoms with Crippen molar-refractivity contribution in [1.82, 2.24) is 19.8 Å². The summed E-state index contributed by atoms with van der Waals surface area (Å²) in [6, 6.07) is 5.71. The Balaban J connectivity index is 1.86. The molecule has 2 N–H and O–H groups in total. The lowest BCUT2D eigenvalue weighted by molar-refractivity contribution is 0.0956. The van der Waals surface area contributed by atoms with E-state index in [1.54, 1.807) is 0 Å². The smallest absolute Gasteiger partial charge is 0.251 e. The highest BCUT2D eigenvalue weighted by Gasteiger charge is 2.20. The number of nitrogens with zero attached hydrogens (tertiary/aromatic N) is 3. The number of benzene rings is 1. The molecule has 0 unspecified atom stereocenters. The third kappa shape index (κ3) is 2.84. The van der Waals surface area contributed by atoms with E-state index in [2.05, 4.69) is 14.8 Å². The molecule has 1 aromatic heterocycles. The van der Waals surface area contributed by atoms with Gasteiger partial charge in [-0.25, -0.2) is 4.98 Å². The molecule has 0 saturated heterocycles. The Kier molecular flexibility index (Phi) is 4.40. The zero-order valence-corrected chi connectivity index (χ0v) is 12.9. The van der Waals surface area contributed by atoms with E-state index in [0.717, 1.165) is 49.5 Å². The fourth-order valence-corrected chi connectivity index (χ4v) is 2.96. The first-order chi connectivity index (χ1) is 10.7. The van der Waals surface area contributed by atoms with Gasteiger partial charge in [0.25, 0.3) is 5.91 Å². The predicted octanol–water partition coefficient (Wildman–Crippen LogP) is 0.984. The first-order valence-corrected chi connectivity index (χ1v) is 7.83. The number of fused-ring (bicyclic) bond motifs is 3. The first-order valence-electron chi connectivity index (χ1n) is 7.83. The van der Waals surface area contributed by atoms with Gasteiger partial charge in [0.15, 0.2) is 0 Å². The molecule has 2 aromatic rings. The Hall–Kier alpha value is -1.92. The van der Waals surface area contributed by atoms with Crippen LogP contribution in [0.3, 0.4) is 0 Å². The third-order valence-corrected chi connectivity index (χ3v) is 4.06. The van der Waals surface area contributed by atoms with Crippen LogP contribution in [0.25, 0.3) is 11.0 Å². The lowest BCUT2D eigenvalue weighted by Gasteiger charge is -2.27. The van der Waals surface area contributed by atoms with Gasteiger partial charge in [0, 0.05) is 38.3 Å². The molecule has 0 atom stereocenters. The molecule has 1 aliphatic heterocycles. The molecular weight excluding hydrogens is 280 g/mol. The summed E-state index contributed by atoms with van der Waals surface area (Å²) in [6.07, 6.45) is 0.793. The van der Waals surface area contributed by atoms with Crippen LogP contribution in [0, 0.1) is 0 Å². The Morgan fingerprint density at radius 3 is 3.05 bits per heavy atom. The van der Waals surface area contributed by atoms with Crippen molar-refractivity contribution >= 4 is 16.9 Å². The largest absolute Gasteiger partial charge is 0.396 e. The zero-order chi connectivity index (χ0) is 15.5. The monoisotopic (exact) mass is 302 g/mol. The van der Waals surface area contributed by atoms with Crippen LogP contribution in [0.1, 0.15) is 29.5 Å². The Bertz CT molecular complexity index is 680. The zero-order valence-electron chi connectivity index (χ0n) is 12.9. The van der Waals surface area contributed by atoms with E-state index in [4.69, 9.17) is 10.1 Å². The molecular formula is C16H22N4O2. The molecule has 1 aliphatic rings. The van der Waals surface area contributed by atoms with Crippen LogP contribution in [0.4, 0.5) is 0 Å². The SMILES string of the molecule is CCNC(=O)c1ccc2c(c1)nc1n2CCN(CCCO)C1. The van der Waals surface area contributed by atoms with E-state index in [1.165, 1.54) is 0 Å². The molecule has 0 fully saturated rings. The summed E-state index contributed by atoms with van der Waals surface area (Å²) in [7, 11) is 0. The van der Waals surface area contributed by atoms with Gasteiger partial charge in [-0.2, -0.15) is 0 Å². The molecule has 6 nitrogen and oxygen atoms in total. The van der Waals surface area contributed by atoms with Crippen LogP contribution < -0.4 is 5.32 Å². The number of hydrogen-bond donors (Lipinski definition) is 2. The standard InChI is InChI=1S/C16H22N4O2/c1-2-17-16(22)12-4-5-14-13(10-12)18-15-11-19(6-3-9-21)7-8-20(14)15/h4-5,10,21H,2-3,6-9,11H2,1H3,(H,17,22). The minimum Gasteiger partial charge on any atom is -0.396 e. The van der Waals surface area contributed by atoms with Crippen molar-refractivity contribution in [3.05, 3.63) is 29.6 Å². The van der Waals surface area contributed by atoms with Gasteiger partial charge in [0.2, 0.25) is 0 Å². The normalized spacial score (nSPS) is 15.0. The minimum atomic E-state index is -0.0556. The molecule has 1 aromatic carbocycles. The van der Waals surface area contributed by atoms with Crippen LogP contribution in [0.2, 0.25) is 0 Å². The third-order valence-electron chi connectivity index (χ3n) is 4.06. The summed E-state index contributed by atoms with van der Waals surface area (Å²) in [4.78, 5) is 18.9. The molecule has 118 valence electrons. The summed E-state index contributed by atoms with van der Waals surface area (Å²) >= 11 is 0. The highest BCUT2D eigenvalue weighted by atomic mass is 16.3. The van der Waals surface area contributed by atoms with Crippen LogP contribution >= 0.6 is 0 Å². The van der Waals surface area contributed by atoms with Gasteiger partial charge in [-0.05, 0) is 31.5 Å². The highest BCUT2D eigenvalue weighted by Crippen LogP contribution is 2.22. The van der Waals surface area contributed by atoms with Gasteiger partial charge in [-0.1, -0.05) is 0 Å². The molecule has 22 heavy (non-hydrogen) atoms. The summed E-state index contributed by atoms with van der Waals surface area (Å²) in [5, 5.41) is 11.8. The molecule has 2 heterocycles. The van der Waals surface area contributed by atoms with Crippen LogP contribution in [-0.4, -0.2) is 51.7 Å². The number of aromatic nitrogens is 2. The fraction of sp³-hybridized carbons (Fsp3) is 0.500. The number of aliphatic hydroxyl groups excluding tert-OH is 1. The second-order valence-corrected chi connectivity index (χ2v) is 5.60. The van der Waals surface area contributed by atoms with E-state index in [9.17, 15) is 4.79 Å². The number of imidazole rings is 1. The van der Waals surface area contributed by atoms with E-state index in [1.807, 2.05) is 25.1 Å². The van der Waals surface area contributed by atoms with E-state index < -0.39 is 0 Å². The second kappa shape index (κ2) is 6.46. The average Bonchev–Trinajstić information content (AvgIpc) is 2.89. The van der Waals surface area contributed by atoms with E-state index in [0.29, 0.717) is 12.1 Å². The van der Waals surface area contributed by atoms with Gasteiger partial charge >= 0.3 is 0 Å². The number of aliphatic hydroxyl groups is 1. The molecule has 6 heteroatoms. The van der Waals surface area contributed by atoms with Crippen molar-refractivity contribution < 1.29 is 9.90 Å². The molecule has 0 bridgehead atoms. The lowest BCUT2D eigenvalue weighted by Crippen LogP contribution is -2.34. The van der Waals surface area contributed by atoms with Crippen molar-refractivity contribution in [2.75, 3.05) is 26.2 Å². The second-order valence-electron chi connectivity index (χ2n) is 5.60. The molecule has 0 aliphatic carbocycles. The number of carbonyl (C=O) groups excluding carboxylic acids is 1. The predicted molar refractivity (Wildman–Crippen MR) is 84.7 cm³/mol. The maximum atomic E-state index is 11.9. The number of hydrogen-bond acceptors (Lipinski definition) is 4. The topological polar surface area (TPSA) is 70.4 Å². The average molecular weight is 302 g/mol. The van der Waals surface area contributed by atoms with E-state index in [-0.39, 0.29) is 12.5 Å². The summed E-state index contributed by atoms with van der Waals surface area (Å²) in [6.45, 7) is 6.31. The Morgan fingerprint density at radius 1 is 1.41 bits per heavy atom. The van der Waals surface area contributed by atoms with Crippen LogP contribution in [-0.2, 0) is 13.1 Å². The van der Waals surface area contributed by atoms with Gasteiger partial charge in [-0.15, -0.1) is 0 Å². The first kappa shape index (κ1) is 15.0. The highest BCUT2D eigenvalue weighted by molar-refractivity contribution is 5.97. The van der Waals surface area contributed by atoms with Crippen molar-refractivity contribution in [3.63, 3.8) is 0 Å². The van der Waals surface area contributed by atoms with Gasteiger partial charge in [0.05, 0.1) is 17.6 Å². The van der Waals surface area contributed by atoms with Crippen LogP contribution in [0.15, 0.2) is 18.2 Å². The van der Waals surface area contributed by atoms with Crippen molar-refractivity contribution in [2.45, 2.75) is 26.4 Å². The van der Waals surface area contributed by atoms with Crippen molar-refractivity contribution in [3.8, 4) is 0 Å². The van der Waals surface area contributed by atoms with Gasteiger partial charge in [0.1, 0.15) is 5.82 Å². The molecule has 0 saturated carbocycles. The number of amides is 1.